The highest BCUT2D eigenvalue weighted by Crippen LogP contribution is 2.21. The predicted molar refractivity (Wildman–Crippen MR) is 92.0 cm³/mol. The van der Waals surface area contributed by atoms with Crippen LogP contribution < -0.4 is 5.32 Å². The van der Waals surface area contributed by atoms with Crippen molar-refractivity contribution in [3.63, 3.8) is 0 Å². The minimum atomic E-state index is -0.623. The third kappa shape index (κ3) is 4.27. The average molecular weight is 360 g/mol. The highest BCUT2D eigenvalue weighted by atomic mass is 16.5. The second-order valence-corrected chi connectivity index (χ2v) is 5.59. The number of anilines is 1. The fourth-order valence-corrected chi connectivity index (χ4v) is 2.49. The maximum atomic E-state index is 12.3. The first-order valence-corrected chi connectivity index (χ1v) is 7.89. The van der Waals surface area contributed by atoms with Crippen LogP contribution in [0.4, 0.5) is 5.69 Å². The van der Waals surface area contributed by atoms with E-state index in [1.807, 2.05) is 0 Å². The van der Waals surface area contributed by atoms with Gasteiger partial charge in [-0.05, 0) is 38.5 Å². The summed E-state index contributed by atoms with van der Waals surface area (Å²) in [5.41, 5.74) is 2.14. The van der Waals surface area contributed by atoms with E-state index in [1.165, 1.54) is 32.4 Å². The zero-order chi connectivity index (χ0) is 19.3. The molecule has 1 aromatic carbocycles. The number of nitrogens with zero attached hydrogens (tertiary/aromatic N) is 1. The number of methoxy groups -OCH3 is 2. The predicted octanol–water partition coefficient (Wildman–Crippen LogP) is 2.44. The van der Waals surface area contributed by atoms with Gasteiger partial charge in [0.1, 0.15) is 5.76 Å². The number of hydrogen-bond acceptors (Lipinski definition) is 7. The molecule has 2 rings (SSSR count). The van der Waals surface area contributed by atoms with Gasteiger partial charge in [-0.1, -0.05) is 5.16 Å². The second kappa shape index (κ2) is 8.28. The van der Waals surface area contributed by atoms with Gasteiger partial charge in [-0.25, -0.2) is 9.59 Å². The molecule has 0 bridgehead atoms. The van der Waals surface area contributed by atoms with Crippen LogP contribution in [-0.4, -0.2) is 37.2 Å². The summed E-state index contributed by atoms with van der Waals surface area (Å²) in [6.45, 7) is 3.58. The Morgan fingerprint density at radius 3 is 2.38 bits per heavy atom. The SMILES string of the molecule is COC(=O)c1ccc(C(=O)OC)c(NC(=O)CCc2c(C)noc2C)c1. The van der Waals surface area contributed by atoms with Gasteiger partial charge in [-0.2, -0.15) is 0 Å². The minimum absolute atomic E-state index is 0.144. The maximum absolute atomic E-state index is 12.3. The largest absolute Gasteiger partial charge is 0.465 e. The number of aromatic nitrogens is 1. The number of aryl methyl sites for hydroxylation is 2. The van der Waals surface area contributed by atoms with Crippen LogP contribution in [0.25, 0.3) is 0 Å². The third-order valence-corrected chi connectivity index (χ3v) is 3.90. The molecule has 0 unspecified atom stereocenters. The number of esters is 2. The molecular formula is C18H20N2O6. The molecule has 1 N–H and O–H groups in total. The molecule has 1 aromatic heterocycles. The summed E-state index contributed by atoms with van der Waals surface area (Å²) in [4.78, 5) is 35.9. The van der Waals surface area contributed by atoms with E-state index in [4.69, 9.17) is 9.26 Å². The van der Waals surface area contributed by atoms with E-state index in [-0.39, 0.29) is 29.1 Å². The van der Waals surface area contributed by atoms with Crippen molar-refractivity contribution in [2.24, 2.45) is 0 Å². The monoisotopic (exact) mass is 360 g/mol. The molecule has 0 saturated heterocycles. The summed E-state index contributed by atoms with van der Waals surface area (Å²) < 4.78 is 14.4. The third-order valence-electron chi connectivity index (χ3n) is 3.90. The lowest BCUT2D eigenvalue weighted by atomic mass is 10.1. The van der Waals surface area contributed by atoms with Crippen molar-refractivity contribution in [1.29, 1.82) is 0 Å². The van der Waals surface area contributed by atoms with Gasteiger partial charge in [0.2, 0.25) is 5.91 Å². The van der Waals surface area contributed by atoms with Crippen molar-refractivity contribution >= 4 is 23.5 Å². The number of carbonyl (C=O) groups is 3. The molecule has 0 saturated carbocycles. The normalized spacial score (nSPS) is 10.3. The molecule has 8 nitrogen and oxygen atoms in total. The van der Waals surface area contributed by atoms with Crippen molar-refractivity contribution in [3.8, 4) is 0 Å². The summed E-state index contributed by atoms with van der Waals surface area (Å²) in [6, 6.07) is 4.21. The number of amides is 1. The molecule has 1 heterocycles. The van der Waals surface area contributed by atoms with Crippen molar-refractivity contribution in [1.82, 2.24) is 5.16 Å². The van der Waals surface area contributed by atoms with Gasteiger partial charge in [0, 0.05) is 12.0 Å². The highest BCUT2D eigenvalue weighted by Gasteiger charge is 2.18. The van der Waals surface area contributed by atoms with Crippen LogP contribution in [0.2, 0.25) is 0 Å². The standard InChI is InChI=1S/C18H20N2O6/c1-10-13(11(2)26-20-10)7-8-16(21)19-15-9-12(17(22)24-3)5-6-14(15)18(23)25-4/h5-6,9H,7-8H2,1-4H3,(H,19,21). The highest BCUT2D eigenvalue weighted by molar-refractivity contribution is 6.03. The number of carbonyl (C=O) groups excluding carboxylic acids is 3. The van der Waals surface area contributed by atoms with Crippen LogP contribution >= 0.6 is 0 Å². The quantitative estimate of drug-likeness (QED) is 0.788. The van der Waals surface area contributed by atoms with Gasteiger partial charge < -0.3 is 19.3 Å². The first-order chi connectivity index (χ1) is 12.4. The number of hydrogen-bond donors (Lipinski definition) is 1. The lowest BCUT2D eigenvalue weighted by molar-refractivity contribution is -0.116. The topological polar surface area (TPSA) is 108 Å². The lowest BCUT2D eigenvalue weighted by Crippen LogP contribution is -2.17. The Bertz CT molecular complexity index is 821. The minimum Gasteiger partial charge on any atom is -0.465 e. The fourth-order valence-electron chi connectivity index (χ4n) is 2.49. The molecule has 0 aliphatic heterocycles. The summed E-state index contributed by atoms with van der Waals surface area (Å²) in [5, 5.41) is 6.50. The average Bonchev–Trinajstić information content (AvgIpc) is 2.96. The zero-order valence-corrected chi connectivity index (χ0v) is 15.0. The molecule has 0 atom stereocenters. The van der Waals surface area contributed by atoms with Crippen LogP contribution in [0, 0.1) is 13.8 Å². The summed E-state index contributed by atoms with van der Waals surface area (Å²) in [5.74, 6) is -0.856. The van der Waals surface area contributed by atoms with Gasteiger partial charge in [-0.3, -0.25) is 4.79 Å². The maximum Gasteiger partial charge on any atom is 0.339 e. The molecule has 2 aromatic rings. The van der Waals surface area contributed by atoms with E-state index in [0.717, 1.165) is 11.3 Å². The van der Waals surface area contributed by atoms with Gasteiger partial charge in [0.15, 0.2) is 0 Å². The molecule has 0 radical (unpaired) electrons. The number of ether oxygens (including phenoxy) is 2. The number of rotatable bonds is 6. The Labute approximate surface area is 150 Å². The van der Waals surface area contributed by atoms with Gasteiger partial charge >= 0.3 is 11.9 Å². The van der Waals surface area contributed by atoms with Crippen LogP contribution in [0.15, 0.2) is 22.7 Å². The van der Waals surface area contributed by atoms with Crippen LogP contribution in [0.3, 0.4) is 0 Å². The smallest absolute Gasteiger partial charge is 0.339 e. The molecule has 0 aliphatic rings. The van der Waals surface area contributed by atoms with Crippen molar-refractivity contribution in [2.75, 3.05) is 19.5 Å². The van der Waals surface area contributed by atoms with E-state index >= 15 is 0 Å². The Morgan fingerprint density at radius 2 is 1.81 bits per heavy atom. The molecule has 138 valence electrons. The van der Waals surface area contributed by atoms with E-state index in [9.17, 15) is 14.4 Å². The van der Waals surface area contributed by atoms with Crippen molar-refractivity contribution in [3.05, 3.63) is 46.3 Å². The van der Waals surface area contributed by atoms with Crippen molar-refractivity contribution in [2.45, 2.75) is 26.7 Å². The Balaban J connectivity index is 2.18. The van der Waals surface area contributed by atoms with E-state index in [2.05, 4.69) is 15.2 Å². The molecule has 1 amide bonds. The summed E-state index contributed by atoms with van der Waals surface area (Å²) in [7, 11) is 2.48. The molecule has 8 heteroatoms. The van der Waals surface area contributed by atoms with Crippen LogP contribution in [-0.2, 0) is 20.7 Å². The fraction of sp³-hybridized carbons (Fsp3) is 0.333. The Kier molecular flexibility index (Phi) is 6.11. The molecule has 26 heavy (non-hydrogen) atoms. The molecule has 0 spiro atoms. The number of nitrogens with one attached hydrogen (secondary N) is 1. The zero-order valence-electron chi connectivity index (χ0n) is 15.0. The summed E-state index contributed by atoms with van der Waals surface area (Å²) in [6.07, 6.45) is 0.600. The van der Waals surface area contributed by atoms with Crippen LogP contribution in [0.1, 0.15) is 44.2 Å². The summed E-state index contributed by atoms with van der Waals surface area (Å²) >= 11 is 0. The van der Waals surface area contributed by atoms with Gasteiger partial charge in [0.25, 0.3) is 0 Å². The molecule has 0 aliphatic carbocycles. The lowest BCUT2D eigenvalue weighted by Gasteiger charge is -2.11. The van der Waals surface area contributed by atoms with Crippen LogP contribution in [0.5, 0.6) is 0 Å². The number of benzene rings is 1. The Morgan fingerprint density at radius 1 is 1.12 bits per heavy atom. The Hall–Kier alpha value is -3.16. The molecular weight excluding hydrogens is 340 g/mol. The van der Waals surface area contributed by atoms with E-state index in [1.54, 1.807) is 13.8 Å². The van der Waals surface area contributed by atoms with E-state index in [0.29, 0.717) is 12.2 Å². The van der Waals surface area contributed by atoms with Gasteiger partial charge in [-0.15, -0.1) is 0 Å². The first-order valence-electron chi connectivity index (χ1n) is 7.89. The second-order valence-electron chi connectivity index (χ2n) is 5.59. The first kappa shape index (κ1) is 19.2. The van der Waals surface area contributed by atoms with Gasteiger partial charge in [0.05, 0.1) is 36.7 Å². The van der Waals surface area contributed by atoms with Crippen molar-refractivity contribution < 1.29 is 28.4 Å². The van der Waals surface area contributed by atoms with E-state index < -0.39 is 11.9 Å². The molecule has 0 fully saturated rings.